The van der Waals surface area contributed by atoms with E-state index in [1.54, 1.807) is 52.0 Å². The minimum Gasteiger partial charge on any atom is -0.507 e. The van der Waals surface area contributed by atoms with Crippen LogP contribution in [0.3, 0.4) is 0 Å². The number of aliphatic hydroxyl groups excluding tert-OH is 2. The van der Waals surface area contributed by atoms with Crippen LogP contribution < -0.4 is 10.1 Å². The molecule has 0 saturated carbocycles. The van der Waals surface area contributed by atoms with Crippen molar-refractivity contribution < 1.29 is 58.9 Å². The number of hydrogen-bond acceptors (Lipinski definition) is 14. The van der Waals surface area contributed by atoms with Gasteiger partial charge in [-0.2, -0.15) is 10.2 Å². The van der Waals surface area contributed by atoms with Gasteiger partial charge in [0, 0.05) is 61.2 Å². The lowest BCUT2D eigenvalue weighted by molar-refractivity contribution is -0.160. The fraction of sp³-hybridized carbons (Fsp3) is 0.400. The number of rotatable bonds is 5. The van der Waals surface area contributed by atoms with Crippen LogP contribution in [0.4, 0.5) is 5.69 Å². The van der Waals surface area contributed by atoms with Gasteiger partial charge in [0.15, 0.2) is 5.75 Å². The van der Waals surface area contributed by atoms with E-state index in [0.717, 1.165) is 6.21 Å². The number of carbonyl (C=O) groups is 3. The Balaban J connectivity index is 1.71. The number of phenolic OH excluding ortho intramolecular Hbond substituents is 3. The molecule has 0 spiro atoms. The number of aliphatic hydroxyl groups is 2. The number of fused-ring (bicyclic) bond motifs is 14. The zero-order valence-corrected chi connectivity index (χ0v) is 35.0. The monoisotopic (exact) mass is 827 g/mol. The zero-order chi connectivity index (χ0) is 44.2. The number of benzene rings is 3. The third-order valence-corrected chi connectivity index (χ3v) is 11.3. The normalized spacial score (nSPS) is 27.9. The maximum atomic E-state index is 14.4. The highest BCUT2D eigenvalue weighted by Crippen LogP contribution is 2.55. The first-order valence-corrected chi connectivity index (χ1v) is 19.5. The number of methoxy groups -OCH3 is 1. The minimum absolute atomic E-state index is 0.0282. The molecule has 6 rings (SSSR count). The lowest BCUT2D eigenvalue weighted by Gasteiger charge is -2.38. The molecule has 0 radical (unpaired) electrons. The molecule has 0 aliphatic carbocycles. The summed E-state index contributed by atoms with van der Waals surface area (Å²) in [5.74, 6) is -8.71. The van der Waals surface area contributed by atoms with Gasteiger partial charge in [-0.1, -0.05) is 76.3 Å². The van der Waals surface area contributed by atoms with Gasteiger partial charge in [0.2, 0.25) is 0 Å². The molecule has 3 aliphatic heterocycles. The standard InChI is InChI=1S/C45H53N3O12/c1-22-14-13-15-23(2)44(56)48-35-30(21-47-46-20-29-16-11-10-12-17-29)39(53)32-33(40(35)54)38(52)27(6)42-34(32)43(55)45(8,60-42)58-19-18-31(57-9)24(3)41(59-28(7)49)26(5)37(51)25(4)36(22)50/h10-22,24-26,31,36-37,41,50-54H,1-9H3,(H,48,56). The summed E-state index contributed by atoms with van der Waals surface area (Å²) in [6.07, 6.45) is 5.95. The van der Waals surface area contributed by atoms with Crippen LogP contribution in [0.25, 0.3) is 10.8 Å². The van der Waals surface area contributed by atoms with E-state index in [4.69, 9.17) is 18.9 Å². The van der Waals surface area contributed by atoms with E-state index in [9.17, 15) is 39.9 Å². The number of nitrogens with zero attached hydrogens (tertiary/aromatic N) is 2. The first kappa shape index (κ1) is 45.1. The van der Waals surface area contributed by atoms with E-state index >= 15 is 0 Å². The number of hydrogen-bond donors (Lipinski definition) is 6. The number of esters is 1. The maximum Gasteiger partial charge on any atom is 0.312 e. The summed E-state index contributed by atoms with van der Waals surface area (Å²) in [6, 6.07) is 9.03. The fourth-order valence-corrected chi connectivity index (χ4v) is 7.60. The van der Waals surface area contributed by atoms with E-state index < -0.39 is 88.8 Å². The van der Waals surface area contributed by atoms with Crippen LogP contribution in [0.5, 0.6) is 23.0 Å². The summed E-state index contributed by atoms with van der Waals surface area (Å²) >= 11 is 0. The van der Waals surface area contributed by atoms with Gasteiger partial charge >= 0.3 is 11.8 Å². The Morgan fingerprint density at radius 3 is 2.20 bits per heavy atom. The molecular weight excluding hydrogens is 775 g/mol. The quantitative estimate of drug-likeness (QED) is 0.0555. The van der Waals surface area contributed by atoms with Crippen molar-refractivity contribution in [3.63, 3.8) is 0 Å². The first-order chi connectivity index (χ1) is 28.3. The molecule has 0 fully saturated rings. The van der Waals surface area contributed by atoms with Gasteiger partial charge in [0.25, 0.3) is 11.7 Å². The molecule has 3 aromatic carbocycles. The average molecular weight is 828 g/mol. The molecule has 60 heavy (non-hydrogen) atoms. The number of amides is 1. The van der Waals surface area contributed by atoms with Crippen LogP contribution in [-0.4, -0.2) is 92.9 Å². The van der Waals surface area contributed by atoms with Crippen LogP contribution in [0.15, 0.2) is 76.7 Å². The third-order valence-electron chi connectivity index (χ3n) is 11.3. The number of Topliss-reactive ketones (excluding diaryl/α,β-unsaturated/α-hetero) is 1. The minimum atomic E-state index is -2.07. The molecule has 320 valence electrons. The molecule has 0 saturated heterocycles. The summed E-state index contributed by atoms with van der Waals surface area (Å²) in [7, 11) is 1.43. The Hall–Kier alpha value is -6.03. The molecule has 3 aromatic rings. The zero-order valence-electron chi connectivity index (χ0n) is 35.0. The van der Waals surface area contributed by atoms with Crippen molar-refractivity contribution in [2.45, 2.75) is 85.6 Å². The molecular formula is C45H53N3O12. The van der Waals surface area contributed by atoms with Crippen LogP contribution in [0.2, 0.25) is 0 Å². The third kappa shape index (κ3) is 8.93. The largest absolute Gasteiger partial charge is 0.507 e. The van der Waals surface area contributed by atoms with Crippen molar-refractivity contribution in [1.82, 2.24) is 0 Å². The van der Waals surface area contributed by atoms with Crippen LogP contribution in [0.1, 0.15) is 75.5 Å². The molecule has 1 amide bonds. The molecule has 6 N–H and O–H groups in total. The number of carbonyl (C=O) groups excluding carboxylic acids is 3. The van der Waals surface area contributed by atoms with E-state index in [0.29, 0.717) is 5.56 Å². The van der Waals surface area contributed by atoms with Gasteiger partial charge in [-0.15, -0.1) is 0 Å². The SMILES string of the molecule is COC1C=COC2(C)Oc3c(C)c(O)c4c(O)c(c(C=NN=Cc5ccccc5)c(O)c4c3C2=O)NC(=O)C(C)=CC=CC(C)C(O)C(C)C(O)C(C)C(OC(C)=O)C1C. The summed E-state index contributed by atoms with van der Waals surface area (Å²) < 4.78 is 23.5. The van der Waals surface area contributed by atoms with Crippen molar-refractivity contribution in [3.8, 4) is 23.0 Å². The van der Waals surface area contributed by atoms with Crippen LogP contribution in [-0.2, 0) is 23.8 Å². The number of allylic oxidation sites excluding steroid dienone is 2. The lowest BCUT2D eigenvalue weighted by atomic mass is 9.78. The van der Waals surface area contributed by atoms with Gasteiger partial charge < -0.3 is 49.8 Å². The highest BCUT2D eigenvalue weighted by Gasteiger charge is 2.50. The maximum absolute atomic E-state index is 14.4. The second-order valence-corrected chi connectivity index (χ2v) is 15.5. The molecule has 0 aromatic heterocycles. The van der Waals surface area contributed by atoms with Gasteiger partial charge in [-0.25, -0.2) is 0 Å². The predicted molar refractivity (Wildman–Crippen MR) is 225 cm³/mol. The molecule has 9 atom stereocenters. The number of aromatic hydroxyl groups is 3. The fourth-order valence-electron chi connectivity index (χ4n) is 7.60. The van der Waals surface area contributed by atoms with Gasteiger partial charge in [0.1, 0.15) is 23.4 Å². The molecule has 15 heteroatoms. The summed E-state index contributed by atoms with van der Waals surface area (Å²) in [5, 5.41) is 68.3. The van der Waals surface area contributed by atoms with Crippen molar-refractivity contribution in [1.29, 1.82) is 0 Å². The van der Waals surface area contributed by atoms with E-state index in [-0.39, 0.29) is 44.5 Å². The van der Waals surface area contributed by atoms with Gasteiger partial charge in [-0.3, -0.25) is 14.4 Å². The number of ether oxygens (including phenoxy) is 4. The van der Waals surface area contributed by atoms with Gasteiger partial charge in [-0.05, 0) is 25.5 Å². The highest BCUT2D eigenvalue weighted by atomic mass is 16.7. The van der Waals surface area contributed by atoms with Crippen molar-refractivity contribution in [2.24, 2.45) is 33.9 Å². The Bertz CT molecular complexity index is 2280. The van der Waals surface area contributed by atoms with E-state index in [2.05, 4.69) is 15.5 Å². The smallest absolute Gasteiger partial charge is 0.312 e. The van der Waals surface area contributed by atoms with Crippen LogP contribution >= 0.6 is 0 Å². The molecule has 15 nitrogen and oxygen atoms in total. The molecule has 3 heterocycles. The van der Waals surface area contributed by atoms with Crippen molar-refractivity contribution in [3.05, 3.63) is 88.7 Å². The van der Waals surface area contributed by atoms with Crippen molar-refractivity contribution in [2.75, 3.05) is 12.4 Å². The average Bonchev–Trinajstić information content (AvgIpc) is 3.48. The highest BCUT2D eigenvalue weighted by molar-refractivity contribution is 6.23. The second kappa shape index (κ2) is 18.5. The Morgan fingerprint density at radius 1 is 0.883 bits per heavy atom. The first-order valence-electron chi connectivity index (χ1n) is 19.5. The van der Waals surface area contributed by atoms with Gasteiger partial charge in [0.05, 0.1) is 59.2 Å². The number of anilines is 1. The summed E-state index contributed by atoms with van der Waals surface area (Å²) in [4.78, 5) is 40.4. The van der Waals surface area contributed by atoms with Crippen molar-refractivity contribution >= 4 is 46.5 Å². The summed E-state index contributed by atoms with van der Waals surface area (Å²) in [6.45, 7) is 12.4. The Morgan fingerprint density at radius 2 is 1.55 bits per heavy atom. The molecule has 3 aliphatic rings. The van der Waals surface area contributed by atoms with E-state index in [1.165, 1.54) is 59.4 Å². The number of nitrogens with one attached hydrogen (secondary N) is 1. The Labute approximate surface area is 348 Å². The second-order valence-electron chi connectivity index (χ2n) is 15.5. The lowest BCUT2D eigenvalue weighted by Crippen LogP contribution is -2.46. The Kier molecular flexibility index (Phi) is 13.9. The predicted octanol–water partition coefficient (Wildman–Crippen LogP) is 6.21. The van der Waals surface area contributed by atoms with E-state index in [1.807, 2.05) is 18.2 Å². The van der Waals surface area contributed by atoms with Crippen LogP contribution in [0, 0.1) is 30.6 Å². The summed E-state index contributed by atoms with van der Waals surface area (Å²) in [5.41, 5.74) is 0.0665. The number of ketones is 1. The topological polar surface area (TPSA) is 226 Å². The molecule has 5 bridgehead atoms. The molecule has 9 unspecified atom stereocenters. The number of phenols is 3.